The van der Waals surface area contributed by atoms with Crippen LogP contribution in [0.2, 0.25) is 5.02 Å². The third-order valence-corrected chi connectivity index (χ3v) is 5.68. The fourth-order valence-electron chi connectivity index (χ4n) is 2.65. The van der Waals surface area contributed by atoms with E-state index in [1.807, 2.05) is 24.3 Å². The second-order valence-corrected chi connectivity index (χ2v) is 7.36. The number of aromatic nitrogens is 2. The highest BCUT2D eigenvalue weighted by Gasteiger charge is 2.16. The molecule has 0 radical (unpaired) electrons. The van der Waals surface area contributed by atoms with Crippen LogP contribution in [0.4, 0.5) is 5.69 Å². The molecule has 6 heteroatoms. The molecule has 25 heavy (non-hydrogen) atoms. The predicted molar refractivity (Wildman–Crippen MR) is 107 cm³/mol. The first-order valence-corrected chi connectivity index (χ1v) is 9.57. The number of ketones is 1. The minimum Gasteiger partial charge on any atom is -0.345 e. The van der Waals surface area contributed by atoms with Crippen molar-refractivity contribution in [3.8, 4) is 0 Å². The van der Waals surface area contributed by atoms with Crippen molar-refractivity contribution in [2.45, 2.75) is 31.9 Å². The number of rotatable bonds is 7. The molecule has 4 nitrogen and oxygen atoms in total. The van der Waals surface area contributed by atoms with Gasteiger partial charge in [-0.15, -0.1) is 0 Å². The Labute approximate surface area is 156 Å². The number of halogens is 1. The third kappa shape index (κ3) is 3.99. The lowest BCUT2D eigenvalue weighted by atomic mass is 10.0. The molecule has 0 saturated carbocycles. The molecule has 1 aromatic carbocycles. The van der Waals surface area contributed by atoms with Crippen molar-refractivity contribution in [2.75, 3.05) is 4.72 Å². The van der Waals surface area contributed by atoms with E-state index in [1.165, 1.54) is 0 Å². The molecule has 0 saturated heterocycles. The van der Waals surface area contributed by atoms with Crippen molar-refractivity contribution in [1.29, 1.82) is 0 Å². The number of fused-ring (bicyclic) bond motifs is 1. The van der Waals surface area contributed by atoms with Gasteiger partial charge in [0.1, 0.15) is 5.65 Å². The summed E-state index contributed by atoms with van der Waals surface area (Å²) in [6.45, 7) is 4.36. The lowest BCUT2D eigenvalue weighted by molar-refractivity contribution is 0.104. The highest BCUT2D eigenvalue weighted by molar-refractivity contribution is 8.01. The van der Waals surface area contributed by atoms with Gasteiger partial charge < -0.3 is 9.71 Å². The van der Waals surface area contributed by atoms with E-state index in [4.69, 9.17) is 11.6 Å². The van der Waals surface area contributed by atoms with Crippen LogP contribution < -0.4 is 4.72 Å². The zero-order chi connectivity index (χ0) is 17.8. The average molecular weight is 374 g/mol. The summed E-state index contributed by atoms with van der Waals surface area (Å²) in [7, 11) is 0. The lowest BCUT2D eigenvalue weighted by Crippen LogP contribution is -2.04. The van der Waals surface area contributed by atoms with Gasteiger partial charge >= 0.3 is 0 Å². The molecule has 3 aromatic rings. The van der Waals surface area contributed by atoms with Crippen LogP contribution in [0.25, 0.3) is 11.0 Å². The molecule has 0 atom stereocenters. The van der Waals surface area contributed by atoms with Gasteiger partial charge in [0.25, 0.3) is 0 Å². The first-order valence-electron chi connectivity index (χ1n) is 8.31. The van der Waals surface area contributed by atoms with Crippen molar-refractivity contribution < 1.29 is 4.79 Å². The van der Waals surface area contributed by atoms with Crippen molar-refractivity contribution in [2.24, 2.45) is 0 Å². The third-order valence-electron chi connectivity index (χ3n) is 4.12. The van der Waals surface area contributed by atoms with E-state index in [0.717, 1.165) is 23.9 Å². The van der Waals surface area contributed by atoms with Crippen molar-refractivity contribution in [3.63, 3.8) is 0 Å². The van der Waals surface area contributed by atoms with Crippen molar-refractivity contribution in [3.05, 3.63) is 58.9 Å². The summed E-state index contributed by atoms with van der Waals surface area (Å²) >= 11 is 7.72. The van der Waals surface area contributed by atoms with Crippen LogP contribution in [0.3, 0.4) is 0 Å². The molecule has 0 amide bonds. The predicted octanol–water partition coefficient (Wildman–Crippen LogP) is 5.70. The van der Waals surface area contributed by atoms with E-state index < -0.39 is 0 Å². The largest absolute Gasteiger partial charge is 0.345 e. The van der Waals surface area contributed by atoms with Crippen LogP contribution in [0.5, 0.6) is 0 Å². The summed E-state index contributed by atoms with van der Waals surface area (Å²) in [5, 5.41) is 1.81. The number of hydrogen-bond acceptors (Lipinski definition) is 4. The Morgan fingerprint density at radius 1 is 1.32 bits per heavy atom. The summed E-state index contributed by atoms with van der Waals surface area (Å²) in [5.74, 6) is -0.0495. The Kier molecular flexibility index (Phi) is 5.66. The van der Waals surface area contributed by atoms with Crippen LogP contribution in [0.15, 0.2) is 42.7 Å². The van der Waals surface area contributed by atoms with Gasteiger partial charge in [0.05, 0.1) is 5.02 Å². The second-order valence-electron chi connectivity index (χ2n) is 5.82. The van der Waals surface area contributed by atoms with E-state index in [1.54, 1.807) is 30.4 Å². The number of H-pyrrole nitrogens is 1. The van der Waals surface area contributed by atoms with Crippen molar-refractivity contribution >= 4 is 46.1 Å². The van der Waals surface area contributed by atoms with E-state index >= 15 is 0 Å². The minimum atomic E-state index is -0.0495. The number of nitrogens with one attached hydrogen (secondary N) is 2. The van der Waals surface area contributed by atoms with Gasteiger partial charge in [-0.1, -0.05) is 37.6 Å². The number of carbonyl (C=O) groups excluding carboxylic acids is 1. The number of anilines is 1. The Bertz CT molecular complexity index is 889. The quantitative estimate of drug-likeness (QED) is 0.412. The molecule has 2 N–H and O–H groups in total. The normalized spacial score (nSPS) is 11.2. The number of hydrogen-bond donors (Lipinski definition) is 2. The fraction of sp³-hybridized carbons (Fsp3) is 0.263. The standard InChI is InChI=1S/C19H20ClN3OS/c1-3-15(4-2)25-23-14-7-5-6-12(8-14)18(24)17-11-22-19-16(17)9-13(20)10-21-19/h5-11,15,23H,3-4H2,1-2H3,(H,21,22). The van der Waals surface area contributed by atoms with E-state index in [0.29, 0.717) is 27.0 Å². The Balaban J connectivity index is 1.84. The highest BCUT2D eigenvalue weighted by atomic mass is 35.5. The fourth-order valence-corrected chi connectivity index (χ4v) is 3.57. The van der Waals surface area contributed by atoms with Gasteiger partial charge in [-0.05, 0) is 43.0 Å². The Morgan fingerprint density at radius 3 is 2.88 bits per heavy atom. The van der Waals surface area contributed by atoms with Gasteiger partial charge in [-0.2, -0.15) is 0 Å². The van der Waals surface area contributed by atoms with Gasteiger partial charge in [-0.25, -0.2) is 4.98 Å². The first kappa shape index (κ1) is 17.8. The van der Waals surface area contributed by atoms with Gasteiger partial charge in [0.15, 0.2) is 5.78 Å². The lowest BCUT2D eigenvalue weighted by Gasteiger charge is -2.13. The maximum Gasteiger partial charge on any atom is 0.195 e. The summed E-state index contributed by atoms with van der Waals surface area (Å²) < 4.78 is 3.36. The molecule has 2 aromatic heterocycles. The number of carbonyl (C=O) groups is 1. The van der Waals surface area contributed by atoms with Crippen LogP contribution in [0.1, 0.15) is 42.6 Å². The van der Waals surface area contributed by atoms with E-state index in [9.17, 15) is 4.79 Å². The molecule has 130 valence electrons. The smallest absolute Gasteiger partial charge is 0.195 e. The number of aromatic amines is 1. The van der Waals surface area contributed by atoms with Crippen molar-refractivity contribution in [1.82, 2.24) is 9.97 Å². The highest BCUT2D eigenvalue weighted by Crippen LogP contribution is 2.25. The van der Waals surface area contributed by atoms with E-state index in [2.05, 4.69) is 28.5 Å². The molecule has 0 bridgehead atoms. The number of pyridine rings is 1. The number of benzene rings is 1. The summed E-state index contributed by atoms with van der Waals surface area (Å²) in [6.07, 6.45) is 5.47. The summed E-state index contributed by atoms with van der Waals surface area (Å²) in [6, 6.07) is 9.34. The van der Waals surface area contributed by atoms with Gasteiger partial charge in [0, 0.05) is 39.8 Å². The molecular weight excluding hydrogens is 354 g/mol. The molecule has 2 heterocycles. The Morgan fingerprint density at radius 2 is 2.12 bits per heavy atom. The zero-order valence-corrected chi connectivity index (χ0v) is 15.7. The summed E-state index contributed by atoms with van der Waals surface area (Å²) in [4.78, 5) is 20.1. The second kappa shape index (κ2) is 7.93. The number of nitrogens with zero attached hydrogens (tertiary/aromatic N) is 1. The minimum absolute atomic E-state index is 0.0495. The molecule has 0 fully saturated rings. The molecule has 0 aliphatic heterocycles. The van der Waals surface area contributed by atoms with Gasteiger partial charge in [0.2, 0.25) is 0 Å². The monoisotopic (exact) mass is 373 g/mol. The zero-order valence-electron chi connectivity index (χ0n) is 14.2. The first-order chi connectivity index (χ1) is 12.1. The molecule has 0 spiro atoms. The van der Waals surface area contributed by atoms with Gasteiger partial charge in [-0.3, -0.25) is 4.79 Å². The molecule has 0 unspecified atom stereocenters. The maximum absolute atomic E-state index is 12.9. The molecular formula is C19H20ClN3OS. The maximum atomic E-state index is 12.9. The Hall–Kier alpha value is -1.98. The van der Waals surface area contributed by atoms with Crippen LogP contribution in [0, 0.1) is 0 Å². The van der Waals surface area contributed by atoms with Crippen LogP contribution in [-0.4, -0.2) is 21.0 Å². The summed E-state index contributed by atoms with van der Waals surface area (Å²) in [5.41, 5.74) is 2.80. The molecule has 0 aliphatic carbocycles. The molecule has 3 rings (SSSR count). The van der Waals surface area contributed by atoms with Crippen LogP contribution in [-0.2, 0) is 0 Å². The average Bonchev–Trinajstić information content (AvgIpc) is 3.05. The topological polar surface area (TPSA) is 57.8 Å². The SMILES string of the molecule is CCC(CC)SNc1cccc(C(=O)c2c[nH]c3ncc(Cl)cc23)c1. The molecule has 0 aliphatic rings. The van der Waals surface area contributed by atoms with E-state index in [-0.39, 0.29) is 5.78 Å². The van der Waals surface area contributed by atoms with Crippen LogP contribution >= 0.6 is 23.5 Å².